The summed E-state index contributed by atoms with van der Waals surface area (Å²) in [6, 6.07) is -0.570. The molecule has 0 amide bonds. The van der Waals surface area contributed by atoms with Crippen molar-refractivity contribution >= 4 is 5.97 Å². The van der Waals surface area contributed by atoms with Gasteiger partial charge in [-0.1, -0.05) is 0 Å². The summed E-state index contributed by atoms with van der Waals surface area (Å²) in [6.07, 6.45) is 0.542. The van der Waals surface area contributed by atoms with E-state index in [4.69, 9.17) is 10.5 Å². The fraction of sp³-hybridized carbons (Fsp3) is 0.667. The smallest absolute Gasteiger partial charge is 0.322 e. The van der Waals surface area contributed by atoms with E-state index in [-0.39, 0.29) is 5.97 Å². The van der Waals surface area contributed by atoms with Crippen molar-refractivity contribution in [2.45, 2.75) is 46.7 Å². The molecular formula is C12H21N3O2. The molecule has 1 unspecified atom stereocenters. The van der Waals surface area contributed by atoms with E-state index in [2.05, 4.69) is 5.10 Å². The van der Waals surface area contributed by atoms with Crippen LogP contribution in [0.15, 0.2) is 0 Å². The molecule has 0 spiro atoms. The van der Waals surface area contributed by atoms with E-state index in [0.29, 0.717) is 19.6 Å². The van der Waals surface area contributed by atoms with E-state index in [1.807, 2.05) is 25.5 Å². The van der Waals surface area contributed by atoms with E-state index in [1.165, 1.54) is 5.56 Å². The zero-order valence-electron chi connectivity index (χ0n) is 11.0. The Hall–Kier alpha value is -1.36. The van der Waals surface area contributed by atoms with Crippen molar-refractivity contribution in [1.29, 1.82) is 0 Å². The number of nitrogens with zero attached hydrogens (tertiary/aromatic N) is 2. The molecule has 0 saturated carbocycles. The molecule has 96 valence electrons. The molecule has 1 aromatic rings. The molecule has 0 aliphatic rings. The van der Waals surface area contributed by atoms with Gasteiger partial charge in [0.2, 0.25) is 0 Å². The summed E-state index contributed by atoms with van der Waals surface area (Å²) < 4.78 is 6.75. The van der Waals surface area contributed by atoms with Gasteiger partial charge in [-0.2, -0.15) is 5.10 Å². The van der Waals surface area contributed by atoms with Crippen LogP contribution in [0.25, 0.3) is 0 Å². The normalized spacial score (nSPS) is 12.5. The SMILES string of the molecule is CCOC(=O)C(N)CCn1nc(C)c(C)c1C. The third-order valence-electron chi connectivity index (χ3n) is 2.98. The van der Waals surface area contributed by atoms with Crippen LogP contribution in [-0.4, -0.2) is 28.4 Å². The highest BCUT2D eigenvalue weighted by molar-refractivity contribution is 5.75. The quantitative estimate of drug-likeness (QED) is 0.781. The van der Waals surface area contributed by atoms with Gasteiger partial charge in [-0.25, -0.2) is 0 Å². The van der Waals surface area contributed by atoms with Gasteiger partial charge in [-0.15, -0.1) is 0 Å². The molecule has 0 aliphatic heterocycles. The molecule has 0 saturated heterocycles. The molecular weight excluding hydrogens is 218 g/mol. The van der Waals surface area contributed by atoms with E-state index >= 15 is 0 Å². The van der Waals surface area contributed by atoms with Crippen molar-refractivity contribution in [3.8, 4) is 0 Å². The van der Waals surface area contributed by atoms with Crippen LogP contribution in [-0.2, 0) is 16.1 Å². The van der Waals surface area contributed by atoms with Crippen LogP contribution < -0.4 is 5.73 Å². The fourth-order valence-electron chi connectivity index (χ4n) is 1.63. The minimum Gasteiger partial charge on any atom is -0.465 e. The highest BCUT2D eigenvalue weighted by Crippen LogP contribution is 2.11. The maximum absolute atomic E-state index is 11.3. The molecule has 17 heavy (non-hydrogen) atoms. The molecule has 0 radical (unpaired) electrons. The van der Waals surface area contributed by atoms with Crippen molar-refractivity contribution in [3.63, 3.8) is 0 Å². The molecule has 1 aromatic heterocycles. The Morgan fingerprint density at radius 2 is 2.12 bits per heavy atom. The number of nitrogens with two attached hydrogens (primary N) is 1. The largest absolute Gasteiger partial charge is 0.465 e. The summed E-state index contributed by atoms with van der Waals surface area (Å²) in [7, 11) is 0. The number of esters is 1. The van der Waals surface area contributed by atoms with Crippen molar-refractivity contribution in [2.24, 2.45) is 5.73 Å². The molecule has 0 bridgehead atoms. The summed E-state index contributed by atoms with van der Waals surface area (Å²) in [5.74, 6) is -0.342. The molecule has 0 aliphatic carbocycles. The highest BCUT2D eigenvalue weighted by Gasteiger charge is 2.15. The van der Waals surface area contributed by atoms with Gasteiger partial charge in [-0.3, -0.25) is 9.48 Å². The van der Waals surface area contributed by atoms with Crippen LogP contribution in [0.2, 0.25) is 0 Å². The number of hydrogen-bond donors (Lipinski definition) is 1. The second kappa shape index (κ2) is 5.82. The third-order valence-corrected chi connectivity index (χ3v) is 2.98. The Bertz CT molecular complexity index is 399. The maximum atomic E-state index is 11.3. The Kier molecular flexibility index (Phi) is 4.69. The molecule has 0 fully saturated rings. The highest BCUT2D eigenvalue weighted by atomic mass is 16.5. The number of hydrogen-bond acceptors (Lipinski definition) is 4. The summed E-state index contributed by atoms with van der Waals surface area (Å²) in [5.41, 5.74) is 9.06. The lowest BCUT2D eigenvalue weighted by Crippen LogP contribution is -2.33. The monoisotopic (exact) mass is 239 g/mol. The zero-order chi connectivity index (χ0) is 13.0. The Morgan fingerprint density at radius 1 is 1.47 bits per heavy atom. The number of carbonyl (C=O) groups is 1. The van der Waals surface area contributed by atoms with Crippen molar-refractivity contribution in [1.82, 2.24) is 9.78 Å². The van der Waals surface area contributed by atoms with Crippen LogP contribution in [0.1, 0.15) is 30.3 Å². The first-order valence-corrected chi connectivity index (χ1v) is 5.90. The second-order valence-corrected chi connectivity index (χ2v) is 4.17. The topological polar surface area (TPSA) is 70.1 Å². The Labute approximate surface area is 102 Å². The van der Waals surface area contributed by atoms with Gasteiger partial charge in [0.05, 0.1) is 12.3 Å². The van der Waals surface area contributed by atoms with Crippen molar-refractivity contribution in [2.75, 3.05) is 6.61 Å². The van der Waals surface area contributed by atoms with Gasteiger partial charge in [-0.05, 0) is 39.7 Å². The lowest BCUT2D eigenvalue weighted by atomic mass is 10.2. The summed E-state index contributed by atoms with van der Waals surface area (Å²) >= 11 is 0. The van der Waals surface area contributed by atoms with Crippen LogP contribution in [0.3, 0.4) is 0 Å². The number of rotatable bonds is 5. The molecule has 5 nitrogen and oxygen atoms in total. The average molecular weight is 239 g/mol. The third kappa shape index (κ3) is 3.30. The van der Waals surface area contributed by atoms with Crippen molar-refractivity contribution in [3.05, 3.63) is 17.0 Å². The Balaban J connectivity index is 2.55. The lowest BCUT2D eigenvalue weighted by Gasteiger charge is -2.11. The van der Waals surface area contributed by atoms with Gasteiger partial charge in [0.15, 0.2) is 0 Å². The Morgan fingerprint density at radius 3 is 2.59 bits per heavy atom. The average Bonchev–Trinajstić information content (AvgIpc) is 2.54. The van der Waals surface area contributed by atoms with Gasteiger partial charge in [0.1, 0.15) is 6.04 Å². The minimum atomic E-state index is -0.570. The van der Waals surface area contributed by atoms with Gasteiger partial charge >= 0.3 is 5.97 Å². The summed E-state index contributed by atoms with van der Waals surface area (Å²) in [6.45, 7) is 8.82. The predicted octanol–water partition coefficient (Wildman–Crippen LogP) is 1.09. The molecule has 2 N–H and O–H groups in total. The van der Waals surface area contributed by atoms with Crippen LogP contribution in [0.5, 0.6) is 0 Å². The van der Waals surface area contributed by atoms with E-state index in [9.17, 15) is 4.79 Å². The molecule has 1 rings (SSSR count). The van der Waals surface area contributed by atoms with Crippen LogP contribution in [0, 0.1) is 20.8 Å². The zero-order valence-corrected chi connectivity index (χ0v) is 11.0. The van der Waals surface area contributed by atoms with Crippen molar-refractivity contribution < 1.29 is 9.53 Å². The van der Waals surface area contributed by atoms with Gasteiger partial charge in [0.25, 0.3) is 0 Å². The number of aryl methyl sites for hydroxylation is 2. The molecule has 1 atom stereocenters. The first-order valence-electron chi connectivity index (χ1n) is 5.90. The van der Waals surface area contributed by atoms with Crippen LogP contribution >= 0.6 is 0 Å². The number of aromatic nitrogens is 2. The summed E-state index contributed by atoms with van der Waals surface area (Å²) in [5, 5.41) is 4.40. The summed E-state index contributed by atoms with van der Waals surface area (Å²) in [4.78, 5) is 11.3. The molecule has 5 heteroatoms. The second-order valence-electron chi connectivity index (χ2n) is 4.17. The maximum Gasteiger partial charge on any atom is 0.322 e. The van der Waals surface area contributed by atoms with Gasteiger partial charge in [0, 0.05) is 12.2 Å². The van der Waals surface area contributed by atoms with Crippen LogP contribution in [0.4, 0.5) is 0 Å². The van der Waals surface area contributed by atoms with Gasteiger partial charge < -0.3 is 10.5 Å². The first kappa shape index (κ1) is 13.7. The van der Waals surface area contributed by atoms with E-state index in [0.717, 1.165) is 11.4 Å². The predicted molar refractivity (Wildman–Crippen MR) is 65.7 cm³/mol. The number of carbonyl (C=O) groups excluding carboxylic acids is 1. The number of ether oxygens (including phenoxy) is 1. The molecule has 1 heterocycles. The van der Waals surface area contributed by atoms with E-state index in [1.54, 1.807) is 6.92 Å². The lowest BCUT2D eigenvalue weighted by molar-refractivity contribution is -0.144. The minimum absolute atomic E-state index is 0.342. The first-order chi connectivity index (χ1) is 7.97. The standard InChI is InChI=1S/C12H21N3O2/c1-5-17-12(16)11(13)6-7-15-10(4)8(2)9(3)14-15/h11H,5-7,13H2,1-4H3. The fourth-order valence-corrected chi connectivity index (χ4v) is 1.63. The molecule has 0 aromatic carbocycles. The van der Waals surface area contributed by atoms with E-state index < -0.39 is 6.04 Å².